The lowest BCUT2D eigenvalue weighted by Crippen LogP contribution is -2.41. The van der Waals surface area contributed by atoms with Crippen LogP contribution < -0.4 is 5.32 Å². The standard InChI is InChI=1S/C19H23N3O3/c1-13(2)11-22(12-18(23)20-17-8-9-25-21-17)19(24)16-10-15(16)14-6-4-3-5-7-14/h3-9,13,15-16H,10-12H2,1-2H3,(H,20,21,23). The Morgan fingerprint density at radius 2 is 2.04 bits per heavy atom. The Morgan fingerprint density at radius 3 is 2.68 bits per heavy atom. The molecule has 2 atom stereocenters. The molecule has 1 N–H and O–H groups in total. The van der Waals surface area contributed by atoms with E-state index in [0.29, 0.717) is 12.4 Å². The van der Waals surface area contributed by atoms with Gasteiger partial charge >= 0.3 is 0 Å². The van der Waals surface area contributed by atoms with Gasteiger partial charge in [-0.05, 0) is 23.8 Å². The molecular formula is C19H23N3O3. The van der Waals surface area contributed by atoms with Crippen molar-refractivity contribution in [1.29, 1.82) is 0 Å². The van der Waals surface area contributed by atoms with Crippen LogP contribution in [0.5, 0.6) is 0 Å². The molecule has 3 rings (SSSR count). The highest BCUT2D eigenvalue weighted by molar-refractivity contribution is 5.94. The Labute approximate surface area is 147 Å². The van der Waals surface area contributed by atoms with Crippen LogP contribution in [-0.4, -0.2) is 35.0 Å². The summed E-state index contributed by atoms with van der Waals surface area (Å²) < 4.78 is 4.70. The number of amides is 2. The third-order valence-corrected chi connectivity index (χ3v) is 4.27. The highest BCUT2D eigenvalue weighted by Crippen LogP contribution is 2.48. The first kappa shape index (κ1) is 17.2. The van der Waals surface area contributed by atoms with E-state index < -0.39 is 0 Å². The molecule has 1 aliphatic rings. The number of carbonyl (C=O) groups is 2. The number of benzene rings is 1. The summed E-state index contributed by atoms with van der Waals surface area (Å²) in [5, 5.41) is 6.30. The summed E-state index contributed by atoms with van der Waals surface area (Å²) in [6.45, 7) is 4.67. The summed E-state index contributed by atoms with van der Waals surface area (Å²) in [6.07, 6.45) is 2.24. The van der Waals surface area contributed by atoms with Crippen molar-refractivity contribution in [2.45, 2.75) is 26.2 Å². The maximum absolute atomic E-state index is 12.9. The van der Waals surface area contributed by atoms with Gasteiger partial charge in [-0.1, -0.05) is 49.3 Å². The minimum absolute atomic E-state index is 0.0269. The van der Waals surface area contributed by atoms with E-state index in [0.717, 1.165) is 6.42 Å². The topological polar surface area (TPSA) is 75.4 Å². The molecule has 1 heterocycles. The lowest BCUT2D eigenvalue weighted by Gasteiger charge is -2.24. The first-order chi connectivity index (χ1) is 12.0. The Hall–Kier alpha value is -2.63. The van der Waals surface area contributed by atoms with Crippen molar-refractivity contribution in [2.24, 2.45) is 11.8 Å². The first-order valence-corrected chi connectivity index (χ1v) is 8.58. The third kappa shape index (κ3) is 4.47. The summed E-state index contributed by atoms with van der Waals surface area (Å²) >= 11 is 0. The van der Waals surface area contributed by atoms with Crippen molar-refractivity contribution < 1.29 is 14.1 Å². The molecule has 25 heavy (non-hydrogen) atoms. The van der Waals surface area contributed by atoms with Crippen LogP contribution >= 0.6 is 0 Å². The van der Waals surface area contributed by atoms with Gasteiger partial charge in [0, 0.05) is 18.5 Å². The zero-order valence-electron chi connectivity index (χ0n) is 14.5. The molecule has 6 nitrogen and oxygen atoms in total. The van der Waals surface area contributed by atoms with E-state index in [1.165, 1.54) is 11.8 Å². The number of aromatic nitrogens is 1. The van der Waals surface area contributed by atoms with E-state index in [9.17, 15) is 9.59 Å². The Morgan fingerprint density at radius 1 is 1.28 bits per heavy atom. The van der Waals surface area contributed by atoms with Crippen LogP contribution in [0.25, 0.3) is 0 Å². The van der Waals surface area contributed by atoms with Crippen LogP contribution in [0.4, 0.5) is 5.82 Å². The lowest BCUT2D eigenvalue weighted by atomic mass is 10.1. The zero-order chi connectivity index (χ0) is 17.8. The minimum atomic E-state index is -0.264. The van der Waals surface area contributed by atoms with Crippen LogP contribution in [0.15, 0.2) is 47.2 Å². The monoisotopic (exact) mass is 341 g/mol. The maximum Gasteiger partial charge on any atom is 0.245 e. The maximum atomic E-state index is 12.9. The molecule has 132 valence electrons. The second-order valence-electron chi connectivity index (χ2n) is 6.90. The van der Waals surface area contributed by atoms with Gasteiger partial charge < -0.3 is 14.7 Å². The van der Waals surface area contributed by atoms with Gasteiger partial charge in [0.1, 0.15) is 6.26 Å². The summed E-state index contributed by atoms with van der Waals surface area (Å²) in [5.41, 5.74) is 1.19. The second kappa shape index (κ2) is 7.51. The van der Waals surface area contributed by atoms with Crippen LogP contribution in [-0.2, 0) is 9.59 Å². The van der Waals surface area contributed by atoms with Crippen molar-refractivity contribution in [1.82, 2.24) is 10.1 Å². The largest absolute Gasteiger partial charge is 0.363 e. The number of rotatable bonds is 7. The van der Waals surface area contributed by atoms with Crippen LogP contribution in [0, 0.1) is 11.8 Å². The number of anilines is 1. The number of hydrogen-bond donors (Lipinski definition) is 1. The molecule has 1 aromatic carbocycles. The average molecular weight is 341 g/mol. The van der Waals surface area contributed by atoms with Gasteiger partial charge in [0.25, 0.3) is 0 Å². The summed E-state index contributed by atoms with van der Waals surface area (Å²) in [6, 6.07) is 11.6. The number of nitrogens with one attached hydrogen (secondary N) is 1. The Bertz CT molecular complexity index is 713. The van der Waals surface area contributed by atoms with Gasteiger partial charge in [-0.2, -0.15) is 0 Å². The molecule has 1 fully saturated rings. The lowest BCUT2D eigenvalue weighted by molar-refractivity contribution is -0.136. The van der Waals surface area contributed by atoms with E-state index in [1.54, 1.807) is 11.0 Å². The highest BCUT2D eigenvalue weighted by Gasteiger charge is 2.45. The molecule has 0 saturated heterocycles. The fraction of sp³-hybridized carbons (Fsp3) is 0.421. The van der Waals surface area contributed by atoms with Crippen molar-refractivity contribution >= 4 is 17.6 Å². The van der Waals surface area contributed by atoms with Gasteiger partial charge in [-0.15, -0.1) is 0 Å². The van der Waals surface area contributed by atoms with Gasteiger partial charge in [0.15, 0.2) is 5.82 Å². The molecule has 2 amide bonds. The van der Waals surface area contributed by atoms with Gasteiger partial charge in [-0.3, -0.25) is 9.59 Å². The van der Waals surface area contributed by atoms with Gasteiger partial charge in [0.05, 0.1) is 6.54 Å². The number of carbonyl (C=O) groups excluding carboxylic acids is 2. The molecule has 0 aliphatic heterocycles. The normalized spacial score (nSPS) is 18.8. The summed E-state index contributed by atoms with van der Waals surface area (Å²) in [7, 11) is 0. The highest BCUT2D eigenvalue weighted by atomic mass is 16.5. The van der Waals surface area contributed by atoms with Gasteiger partial charge in [-0.25, -0.2) is 0 Å². The average Bonchev–Trinajstić information content (AvgIpc) is 3.23. The second-order valence-corrected chi connectivity index (χ2v) is 6.90. The van der Waals surface area contributed by atoms with Crippen molar-refractivity contribution in [3.8, 4) is 0 Å². The molecule has 1 aliphatic carbocycles. The van der Waals surface area contributed by atoms with Crippen molar-refractivity contribution in [2.75, 3.05) is 18.4 Å². The molecule has 1 aromatic heterocycles. The van der Waals surface area contributed by atoms with Crippen molar-refractivity contribution in [3.63, 3.8) is 0 Å². The first-order valence-electron chi connectivity index (χ1n) is 8.58. The minimum Gasteiger partial charge on any atom is -0.363 e. The number of nitrogens with zero attached hydrogens (tertiary/aromatic N) is 2. The number of hydrogen-bond acceptors (Lipinski definition) is 4. The summed E-state index contributed by atoms with van der Waals surface area (Å²) in [4.78, 5) is 26.7. The zero-order valence-corrected chi connectivity index (χ0v) is 14.5. The molecule has 0 spiro atoms. The van der Waals surface area contributed by atoms with Crippen LogP contribution in [0.3, 0.4) is 0 Å². The van der Waals surface area contributed by atoms with E-state index in [2.05, 4.69) is 22.6 Å². The third-order valence-electron chi connectivity index (χ3n) is 4.27. The molecule has 6 heteroatoms. The molecule has 1 saturated carbocycles. The van der Waals surface area contributed by atoms with Crippen LogP contribution in [0.2, 0.25) is 0 Å². The Kier molecular flexibility index (Phi) is 5.16. The van der Waals surface area contributed by atoms with Crippen LogP contribution in [0.1, 0.15) is 31.7 Å². The van der Waals surface area contributed by atoms with E-state index in [1.807, 2.05) is 32.0 Å². The molecule has 0 radical (unpaired) electrons. The molecule has 2 unspecified atom stereocenters. The van der Waals surface area contributed by atoms with E-state index in [-0.39, 0.29) is 36.1 Å². The molecule has 0 bridgehead atoms. The molecular weight excluding hydrogens is 318 g/mol. The van der Waals surface area contributed by atoms with E-state index >= 15 is 0 Å². The smallest absolute Gasteiger partial charge is 0.245 e. The predicted molar refractivity (Wildman–Crippen MR) is 93.8 cm³/mol. The fourth-order valence-corrected chi connectivity index (χ4v) is 3.08. The van der Waals surface area contributed by atoms with Crippen molar-refractivity contribution in [3.05, 3.63) is 48.2 Å². The van der Waals surface area contributed by atoms with E-state index in [4.69, 9.17) is 4.52 Å². The SMILES string of the molecule is CC(C)CN(CC(=O)Nc1ccon1)C(=O)C1CC1c1ccccc1. The fourth-order valence-electron chi connectivity index (χ4n) is 3.08. The Balaban J connectivity index is 1.62. The summed E-state index contributed by atoms with van der Waals surface area (Å²) in [5.74, 6) is 0.675. The van der Waals surface area contributed by atoms with Gasteiger partial charge in [0.2, 0.25) is 11.8 Å². The predicted octanol–water partition coefficient (Wildman–Crippen LogP) is 2.90. The molecule has 2 aromatic rings. The quantitative estimate of drug-likeness (QED) is 0.840.